The number of alkyl halides is 2. The van der Waals surface area contributed by atoms with Gasteiger partial charge in [-0.3, -0.25) is 14.4 Å². The summed E-state index contributed by atoms with van der Waals surface area (Å²) in [5, 5.41) is 4.29. The molecule has 190 valence electrons. The van der Waals surface area contributed by atoms with Crippen molar-refractivity contribution >= 4 is 60.5 Å². The highest BCUT2D eigenvalue weighted by molar-refractivity contribution is 9.09. The van der Waals surface area contributed by atoms with E-state index in [0.29, 0.717) is 56.1 Å². The van der Waals surface area contributed by atoms with Crippen LogP contribution >= 0.6 is 43.5 Å². The fourth-order valence-electron chi connectivity index (χ4n) is 2.15. The van der Waals surface area contributed by atoms with Gasteiger partial charge in [0.2, 0.25) is 17.1 Å². The molecule has 0 aromatic carbocycles. The maximum atomic E-state index is 11.7. The minimum Gasteiger partial charge on any atom is -0.335 e. The Labute approximate surface area is 222 Å². The van der Waals surface area contributed by atoms with Gasteiger partial charge in [-0.05, 0) is 24.6 Å². The van der Waals surface area contributed by atoms with E-state index in [1.165, 1.54) is 0 Å². The van der Waals surface area contributed by atoms with Crippen LogP contribution in [0.1, 0.15) is 32.6 Å². The van der Waals surface area contributed by atoms with Crippen molar-refractivity contribution in [3.63, 3.8) is 0 Å². The average Bonchev–Trinajstić information content (AvgIpc) is 2.77. The lowest BCUT2D eigenvalue weighted by atomic mass is 10.3. The Hall–Kier alpha value is -1.22. The molecule has 0 spiro atoms. The lowest BCUT2D eigenvalue weighted by molar-refractivity contribution is -0.130. The molecule has 0 fully saturated rings. The molecule has 0 radical (unpaired) electrons. The van der Waals surface area contributed by atoms with Crippen LogP contribution < -0.4 is 5.32 Å². The number of amides is 2. The number of nitrogens with zero attached hydrogens (tertiary/aromatic N) is 2. The molecule has 0 aliphatic carbocycles. The number of halogens is 3. The van der Waals surface area contributed by atoms with E-state index in [9.17, 15) is 14.4 Å². The van der Waals surface area contributed by atoms with E-state index in [4.69, 9.17) is 11.6 Å². The van der Waals surface area contributed by atoms with E-state index in [2.05, 4.69) is 70.4 Å². The molecule has 0 aliphatic heterocycles. The van der Waals surface area contributed by atoms with E-state index in [1.807, 2.05) is 0 Å². The summed E-state index contributed by atoms with van der Waals surface area (Å²) in [7, 11) is 0. The maximum absolute atomic E-state index is 11.7. The van der Waals surface area contributed by atoms with Crippen LogP contribution in [0.3, 0.4) is 0 Å². The predicted octanol–water partition coefficient (Wildman–Crippen LogP) is 5.09. The van der Waals surface area contributed by atoms with Crippen molar-refractivity contribution in [1.82, 2.24) is 15.1 Å². The zero-order valence-electron chi connectivity index (χ0n) is 19.9. The Balaban J connectivity index is -0.000000446. The highest BCUT2D eigenvalue weighted by Crippen LogP contribution is 1.98. The quantitative estimate of drug-likeness (QED) is 0.108. The maximum Gasteiger partial charge on any atom is 0.224 e. The van der Waals surface area contributed by atoms with Crippen LogP contribution in [0.4, 0.5) is 0 Å². The van der Waals surface area contributed by atoms with E-state index in [1.54, 1.807) is 34.1 Å². The second-order valence-corrected chi connectivity index (χ2v) is 8.49. The number of carbonyl (C=O) groups excluding carboxylic acids is 3. The normalized spacial score (nSPS) is 9.21. The Bertz CT molecular complexity index is 555. The molecule has 9 heteroatoms. The van der Waals surface area contributed by atoms with Crippen LogP contribution in [0.25, 0.3) is 0 Å². The molecule has 0 bridgehead atoms. The third kappa shape index (κ3) is 26.9. The van der Waals surface area contributed by atoms with Gasteiger partial charge in [0.25, 0.3) is 0 Å². The summed E-state index contributed by atoms with van der Waals surface area (Å²) in [6.45, 7) is 20.6. The smallest absolute Gasteiger partial charge is 0.224 e. The van der Waals surface area contributed by atoms with Gasteiger partial charge in [0, 0.05) is 62.6 Å². The van der Waals surface area contributed by atoms with Crippen LogP contribution in [0.15, 0.2) is 50.6 Å². The zero-order chi connectivity index (χ0) is 25.9. The first kappa shape index (κ1) is 36.4. The average molecular weight is 614 g/mol. The Morgan fingerprint density at radius 1 is 0.758 bits per heavy atom. The Kier molecular flexibility index (Phi) is 31.7. The number of carbonyl (C=O) groups is 3. The summed E-state index contributed by atoms with van der Waals surface area (Å²) in [4.78, 5) is 36.2. The predicted molar refractivity (Wildman–Crippen MR) is 149 cm³/mol. The summed E-state index contributed by atoms with van der Waals surface area (Å²) in [5.74, 6) is 0.282. The molecule has 0 saturated carbocycles. The standard InChI is InChI=1S/C12H22N2O.C9H14BrNO.C3H4BrClO/c1-4-8-13-9-7-12(15)14(10-5-2)11-6-3;1-3-7-11(8-4-2)9(12)5-6-10;4-2-1-3(5)6/h5-6,13H,2-4,7-11H2,1H3;3-4H,1-2,5-8H2;1-2H2. The van der Waals surface area contributed by atoms with Gasteiger partial charge < -0.3 is 15.1 Å². The SMILES string of the molecule is C=CCN(CC=C)C(=O)CCBr.C=CCN(CC=C)C(=O)CCNCCC.O=C(Cl)CCBr. The van der Waals surface area contributed by atoms with Crippen molar-refractivity contribution in [1.29, 1.82) is 0 Å². The first-order chi connectivity index (χ1) is 15.8. The number of hydrogen-bond acceptors (Lipinski definition) is 4. The topological polar surface area (TPSA) is 69.7 Å². The van der Waals surface area contributed by atoms with Crippen molar-refractivity contribution in [3.05, 3.63) is 50.6 Å². The molecule has 0 aromatic rings. The molecule has 0 rings (SSSR count). The van der Waals surface area contributed by atoms with Crippen molar-refractivity contribution in [2.75, 3.05) is 49.9 Å². The fraction of sp³-hybridized carbons (Fsp3) is 0.542. The van der Waals surface area contributed by atoms with E-state index >= 15 is 0 Å². The molecule has 33 heavy (non-hydrogen) atoms. The van der Waals surface area contributed by atoms with Crippen LogP contribution in [0.2, 0.25) is 0 Å². The van der Waals surface area contributed by atoms with Gasteiger partial charge >= 0.3 is 0 Å². The second-order valence-electron chi connectivity index (χ2n) is 6.49. The van der Waals surface area contributed by atoms with E-state index in [0.717, 1.165) is 19.5 Å². The summed E-state index contributed by atoms with van der Waals surface area (Å²) in [6, 6.07) is 0. The highest BCUT2D eigenvalue weighted by Gasteiger charge is 2.09. The minimum atomic E-state index is -0.285. The molecular weight excluding hydrogens is 574 g/mol. The zero-order valence-corrected chi connectivity index (χ0v) is 23.8. The van der Waals surface area contributed by atoms with Crippen molar-refractivity contribution in [2.24, 2.45) is 0 Å². The number of nitrogens with one attached hydrogen (secondary N) is 1. The molecule has 1 N–H and O–H groups in total. The molecular formula is C24H40Br2ClN3O3. The molecule has 0 saturated heterocycles. The van der Waals surface area contributed by atoms with Gasteiger partial charge in [0.15, 0.2) is 0 Å². The molecule has 6 nitrogen and oxygen atoms in total. The van der Waals surface area contributed by atoms with Crippen LogP contribution in [0, 0.1) is 0 Å². The van der Waals surface area contributed by atoms with Gasteiger partial charge in [-0.15, -0.1) is 26.3 Å². The largest absolute Gasteiger partial charge is 0.335 e. The molecule has 0 aliphatic rings. The molecule has 0 heterocycles. The third-order valence-corrected chi connectivity index (χ3v) is 4.63. The summed E-state index contributed by atoms with van der Waals surface area (Å²) < 4.78 is 0. The van der Waals surface area contributed by atoms with Gasteiger partial charge in [0.05, 0.1) is 0 Å². The van der Waals surface area contributed by atoms with E-state index < -0.39 is 0 Å². The van der Waals surface area contributed by atoms with Gasteiger partial charge in [0.1, 0.15) is 0 Å². The van der Waals surface area contributed by atoms with Gasteiger partial charge in [-0.2, -0.15) is 0 Å². The van der Waals surface area contributed by atoms with Crippen molar-refractivity contribution in [2.45, 2.75) is 32.6 Å². The molecule has 2 amide bonds. The number of rotatable bonds is 17. The highest BCUT2D eigenvalue weighted by atomic mass is 79.9. The van der Waals surface area contributed by atoms with Crippen LogP contribution in [-0.2, 0) is 14.4 Å². The Morgan fingerprint density at radius 2 is 1.15 bits per heavy atom. The van der Waals surface area contributed by atoms with Crippen LogP contribution in [-0.4, -0.2) is 76.8 Å². The monoisotopic (exact) mass is 611 g/mol. The Morgan fingerprint density at radius 3 is 1.42 bits per heavy atom. The lowest BCUT2D eigenvalue weighted by Gasteiger charge is -2.19. The summed E-state index contributed by atoms with van der Waals surface area (Å²) in [6.07, 6.45) is 9.50. The fourth-order valence-corrected chi connectivity index (χ4v) is 3.17. The first-order valence-corrected chi connectivity index (χ1v) is 13.4. The summed E-state index contributed by atoms with van der Waals surface area (Å²) >= 11 is 11.2. The molecule has 0 aromatic heterocycles. The molecule has 0 atom stereocenters. The van der Waals surface area contributed by atoms with Crippen LogP contribution in [0.5, 0.6) is 0 Å². The minimum absolute atomic E-state index is 0.131. The van der Waals surface area contributed by atoms with Gasteiger partial charge in [-0.1, -0.05) is 63.1 Å². The van der Waals surface area contributed by atoms with Crippen molar-refractivity contribution in [3.8, 4) is 0 Å². The lowest BCUT2D eigenvalue weighted by Crippen LogP contribution is -2.33. The number of hydrogen-bond donors (Lipinski definition) is 1. The van der Waals surface area contributed by atoms with E-state index in [-0.39, 0.29) is 17.1 Å². The third-order valence-electron chi connectivity index (χ3n) is 3.65. The first-order valence-electron chi connectivity index (χ1n) is 10.8. The second kappa shape index (κ2) is 28.8. The van der Waals surface area contributed by atoms with Crippen molar-refractivity contribution < 1.29 is 14.4 Å². The summed E-state index contributed by atoms with van der Waals surface area (Å²) in [5.41, 5.74) is 0. The van der Waals surface area contributed by atoms with Gasteiger partial charge in [-0.25, -0.2) is 0 Å². The molecule has 0 unspecified atom stereocenters.